The number of alkyl halides is 3. The molecule has 0 aliphatic carbocycles. The van der Waals surface area contributed by atoms with Crippen LogP contribution in [0.3, 0.4) is 0 Å². The highest BCUT2D eigenvalue weighted by atomic mass is 19.4. The van der Waals surface area contributed by atoms with Crippen molar-refractivity contribution in [2.45, 2.75) is 19.2 Å². The molecule has 3 aliphatic rings. The maximum absolute atomic E-state index is 12.5. The minimum atomic E-state index is -4.74. The molecule has 2 fully saturated rings. The third-order valence-corrected chi connectivity index (χ3v) is 5.89. The Balaban J connectivity index is 1.23. The number of carbonyl (C=O) groups excluding carboxylic acids is 2. The number of hydrogen-bond acceptors (Lipinski definition) is 5. The number of rotatable bonds is 6. The van der Waals surface area contributed by atoms with Gasteiger partial charge < -0.3 is 14.5 Å². The molecule has 7 nitrogen and oxygen atoms in total. The van der Waals surface area contributed by atoms with Crippen LogP contribution in [-0.2, 0) is 9.59 Å². The number of hydrogen-bond donors (Lipinski definition) is 0. The van der Waals surface area contributed by atoms with Crippen LogP contribution in [0, 0.1) is 11.8 Å². The molecule has 2 saturated heterocycles. The van der Waals surface area contributed by atoms with Crippen molar-refractivity contribution in [3.8, 4) is 5.75 Å². The van der Waals surface area contributed by atoms with Crippen LogP contribution < -0.4 is 4.74 Å². The van der Waals surface area contributed by atoms with Gasteiger partial charge in [-0.1, -0.05) is 12.1 Å². The van der Waals surface area contributed by atoms with Gasteiger partial charge in [0, 0.05) is 50.5 Å². The molecule has 0 spiro atoms. The van der Waals surface area contributed by atoms with E-state index in [9.17, 15) is 22.8 Å². The largest absolute Gasteiger partial charge is 0.573 e. The van der Waals surface area contributed by atoms with Gasteiger partial charge in [0.2, 0.25) is 11.8 Å². The molecular formula is C22H23F3N4O3. The Kier molecular flexibility index (Phi) is 6.29. The van der Waals surface area contributed by atoms with Crippen LogP contribution in [0.5, 0.6) is 5.75 Å². The molecule has 3 heterocycles. The third kappa shape index (κ3) is 5.54. The average Bonchev–Trinajstić information content (AvgIpc) is 3.46. The standard InChI is InChI=1S/C22H23F3N4O3/c23-22(24,25)32-19-5-1-15(2-6-19)3-7-20(30)28-11-16-13-29(14-17(16)12-28)21(31)8-4-18-9-10-26-27-18/h1-3,5-7,9,16-17H,4,8,10-14H2/b7-3+/t16-,17+. The molecule has 1 aromatic carbocycles. The maximum Gasteiger partial charge on any atom is 0.573 e. The van der Waals surface area contributed by atoms with Crippen molar-refractivity contribution in [1.29, 1.82) is 0 Å². The zero-order valence-electron chi connectivity index (χ0n) is 17.3. The van der Waals surface area contributed by atoms with Gasteiger partial charge in [0.25, 0.3) is 0 Å². The van der Waals surface area contributed by atoms with Gasteiger partial charge >= 0.3 is 6.36 Å². The summed E-state index contributed by atoms with van der Waals surface area (Å²) in [6, 6.07) is 5.32. The van der Waals surface area contributed by atoms with Crippen LogP contribution in [0.4, 0.5) is 13.2 Å². The fraction of sp³-hybridized carbons (Fsp3) is 0.455. The molecule has 10 heteroatoms. The molecule has 0 saturated carbocycles. The molecule has 2 amide bonds. The van der Waals surface area contributed by atoms with Crippen LogP contribution in [0.15, 0.2) is 52.3 Å². The second-order valence-electron chi connectivity index (χ2n) is 8.13. The van der Waals surface area contributed by atoms with Gasteiger partial charge in [0.05, 0.1) is 12.2 Å². The second kappa shape index (κ2) is 9.13. The van der Waals surface area contributed by atoms with E-state index < -0.39 is 6.36 Å². The smallest absolute Gasteiger partial charge is 0.406 e. The Bertz CT molecular complexity index is 942. The van der Waals surface area contributed by atoms with Gasteiger partial charge in [-0.3, -0.25) is 9.59 Å². The van der Waals surface area contributed by atoms with Crippen molar-refractivity contribution in [2.24, 2.45) is 22.1 Å². The van der Waals surface area contributed by atoms with Crippen LogP contribution in [0.25, 0.3) is 6.08 Å². The fourth-order valence-electron chi connectivity index (χ4n) is 4.29. The number of azo groups is 1. The first kappa shape index (κ1) is 22.0. The third-order valence-electron chi connectivity index (χ3n) is 5.89. The molecule has 32 heavy (non-hydrogen) atoms. The zero-order chi connectivity index (χ0) is 22.7. The van der Waals surface area contributed by atoms with Gasteiger partial charge in [-0.15, -0.1) is 13.2 Å². The summed E-state index contributed by atoms with van der Waals surface area (Å²) >= 11 is 0. The first-order chi connectivity index (χ1) is 15.3. The summed E-state index contributed by atoms with van der Waals surface area (Å²) in [5.74, 6) is 0.183. The molecule has 4 rings (SSSR count). The van der Waals surface area contributed by atoms with Crippen molar-refractivity contribution >= 4 is 17.9 Å². The first-order valence-corrected chi connectivity index (χ1v) is 10.4. The minimum absolute atomic E-state index is 0.109. The lowest BCUT2D eigenvalue weighted by molar-refractivity contribution is -0.274. The number of amides is 2. The highest BCUT2D eigenvalue weighted by molar-refractivity contribution is 5.92. The molecule has 1 aromatic rings. The highest BCUT2D eigenvalue weighted by Gasteiger charge is 2.42. The summed E-state index contributed by atoms with van der Waals surface area (Å²) in [6.45, 7) is 3.08. The number of fused-ring (bicyclic) bond motifs is 1. The van der Waals surface area contributed by atoms with Gasteiger partial charge in [-0.05, 0) is 36.3 Å². The van der Waals surface area contributed by atoms with E-state index in [1.165, 1.54) is 30.3 Å². The Morgan fingerprint density at radius 1 is 1.06 bits per heavy atom. The molecule has 170 valence electrons. The van der Waals surface area contributed by atoms with Crippen molar-refractivity contribution in [1.82, 2.24) is 9.80 Å². The first-order valence-electron chi connectivity index (χ1n) is 10.4. The van der Waals surface area contributed by atoms with Gasteiger partial charge in [-0.25, -0.2) is 0 Å². The highest BCUT2D eigenvalue weighted by Crippen LogP contribution is 2.32. The average molecular weight is 448 g/mol. The lowest BCUT2D eigenvalue weighted by Gasteiger charge is -2.21. The predicted molar refractivity (Wildman–Crippen MR) is 109 cm³/mol. The SMILES string of the molecule is O=C(/C=C/c1ccc(OC(F)(F)F)cc1)N1C[C@@H]2CN(C(=O)CCC3=CCN=N3)C[C@@H]2C1. The topological polar surface area (TPSA) is 74.6 Å². The van der Waals surface area contributed by atoms with E-state index in [4.69, 9.17) is 0 Å². The number of nitrogens with zero attached hydrogens (tertiary/aromatic N) is 4. The van der Waals surface area contributed by atoms with E-state index >= 15 is 0 Å². The van der Waals surface area contributed by atoms with E-state index in [1.807, 2.05) is 11.0 Å². The van der Waals surface area contributed by atoms with Crippen LogP contribution in [0.1, 0.15) is 18.4 Å². The van der Waals surface area contributed by atoms with Crippen molar-refractivity contribution < 1.29 is 27.5 Å². The number of likely N-dealkylation sites (tertiary alicyclic amines) is 2. The quantitative estimate of drug-likeness (QED) is 0.624. The molecule has 3 aliphatic heterocycles. The minimum Gasteiger partial charge on any atom is -0.406 e. The number of ether oxygens (including phenoxy) is 1. The van der Waals surface area contributed by atoms with E-state index in [2.05, 4.69) is 15.0 Å². The number of carbonyl (C=O) groups is 2. The van der Waals surface area contributed by atoms with E-state index in [1.54, 1.807) is 11.0 Å². The molecule has 0 aromatic heterocycles. The van der Waals surface area contributed by atoms with Gasteiger partial charge in [-0.2, -0.15) is 10.2 Å². The molecule has 0 N–H and O–H groups in total. The summed E-state index contributed by atoms with van der Waals surface area (Å²) in [6.07, 6.45) is 1.20. The predicted octanol–water partition coefficient (Wildman–Crippen LogP) is 3.65. The monoisotopic (exact) mass is 448 g/mol. The Morgan fingerprint density at radius 2 is 1.72 bits per heavy atom. The number of halogens is 3. The molecule has 0 radical (unpaired) electrons. The summed E-state index contributed by atoms with van der Waals surface area (Å²) in [5.41, 5.74) is 1.46. The summed E-state index contributed by atoms with van der Waals surface area (Å²) in [7, 11) is 0. The summed E-state index contributed by atoms with van der Waals surface area (Å²) < 4.78 is 40.5. The van der Waals surface area contributed by atoms with Crippen molar-refractivity contribution in [3.05, 3.63) is 47.7 Å². The molecule has 0 bridgehead atoms. The van der Waals surface area contributed by atoms with Crippen LogP contribution in [-0.4, -0.2) is 60.7 Å². The maximum atomic E-state index is 12.5. The van der Waals surface area contributed by atoms with E-state index in [-0.39, 0.29) is 29.4 Å². The molecule has 2 atom stereocenters. The van der Waals surface area contributed by atoms with Crippen molar-refractivity contribution in [3.63, 3.8) is 0 Å². The van der Waals surface area contributed by atoms with E-state index in [0.717, 1.165) is 5.70 Å². The molecular weight excluding hydrogens is 425 g/mol. The Morgan fingerprint density at radius 3 is 2.31 bits per heavy atom. The normalized spacial score (nSPS) is 22.5. The summed E-state index contributed by atoms with van der Waals surface area (Å²) in [4.78, 5) is 28.6. The Hall–Kier alpha value is -3.17. The molecule has 0 unspecified atom stereocenters. The Labute approximate surface area is 183 Å². The number of allylic oxidation sites excluding steroid dienone is 1. The van der Waals surface area contributed by atoms with Gasteiger partial charge in [0.1, 0.15) is 5.75 Å². The lowest BCUT2D eigenvalue weighted by atomic mass is 10.0. The van der Waals surface area contributed by atoms with Crippen LogP contribution in [0.2, 0.25) is 0 Å². The zero-order valence-corrected chi connectivity index (χ0v) is 17.3. The van der Waals surface area contributed by atoms with Crippen molar-refractivity contribution in [2.75, 3.05) is 32.7 Å². The summed E-state index contributed by atoms with van der Waals surface area (Å²) in [5, 5.41) is 7.87. The van der Waals surface area contributed by atoms with Crippen LogP contribution >= 0.6 is 0 Å². The number of benzene rings is 1. The fourth-order valence-corrected chi connectivity index (χ4v) is 4.29. The second-order valence-corrected chi connectivity index (χ2v) is 8.13. The lowest BCUT2D eigenvalue weighted by Crippen LogP contribution is -2.35. The van der Waals surface area contributed by atoms with E-state index in [0.29, 0.717) is 51.1 Å². The van der Waals surface area contributed by atoms with Gasteiger partial charge in [0.15, 0.2) is 0 Å².